The molecule has 1 aliphatic rings. The van der Waals surface area contributed by atoms with Crippen molar-refractivity contribution in [2.45, 2.75) is 26.2 Å². The predicted molar refractivity (Wildman–Crippen MR) is 107 cm³/mol. The van der Waals surface area contributed by atoms with Gasteiger partial charge in [0.15, 0.2) is 0 Å². The van der Waals surface area contributed by atoms with E-state index in [1.54, 1.807) is 6.08 Å². The molecule has 27 heavy (non-hydrogen) atoms. The zero-order valence-electron chi connectivity index (χ0n) is 15.0. The van der Waals surface area contributed by atoms with Crippen LogP contribution in [0.3, 0.4) is 0 Å². The first kappa shape index (κ1) is 19.7. The summed E-state index contributed by atoms with van der Waals surface area (Å²) in [6, 6.07) is 9.29. The molecule has 9 heteroatoms. The lowest BCUT2D eigenvalue weighted by Gasteiger charge is -2.29. The summed E-state index contributed by atoms with van der Waals surface area (Å²) in [5.41, 5.74) is 0.832. The molecular formula is C18H22N4O3S2. The van der Waals surface area contributed by atoms with Crippen molar-refractivity contribution >= 4 is 38.5 Å². The van der Waals surface area contributed by atoms with E-state index in [1.165, 1.54) is 21.1 Å². The zero-order valence-corrected chi connectivity index (χ0v) is 16.7. The highest BCUT2D eigenvalue weighted by Gasteiger charge is 2.30. The fourth-order valence-electron chi connectivity index (χ4n) is 2.84. The number of aromatic nitrogens is 2. The third-order valence-corrected chi connectivity index (χ3v) is 6.96. The van der Waals surface area contributed by atoms with Crippen molar-refractivity contribution in [1.29, 1.82) is 0 Å². The summed E-state index contributed by atoms with van der Waals surface area (Å²) in [7, 11) is -3.49. The SMILES string of the molecule is CCc1nnc(NC(=O)C2CCN(S(=O)(=O)/C=C/c3ccccc3)CC2)s1. The Kier molecular flexibility index (Phi) is 6.35. The molecule has 1 saturated heterocycles. The molecule has 0 bridgehead atoms. The van der Waals surface area contributed by atoms with Crippen LogP contribution in [0.2, 0.25) is 0 Å². The van der Waals surface area contributed by atoms with E-state index in [-0.39, 0.29) is 11.8 Å². The van der Waals surface area contributed by atoms with Crippen molar-refractivity contribution in [2.75, 3.05) is 18.4 Å². The minimum absolute atomic E-state index is 0.120. The Hall–Kier alpha value is -2.10. The summed E-state index contributed by atoms with van der Waals surface area (Å²) in [6.07, 6.45) is 3.35. The van der Waals surface area contributed by atoms with Crippen molar-refractivity contribution in [1.82, 2.24) is 14.5 Å². The first-order chi connectivity index (χ1) is 13.0. The van der Waals surface area contributed by atoms with Crippen molar-refractivity contribution < 1.29 is 13.2 Å². The molecule has 0 atom stereocenters. The number of carbonyl (C=O) groups excluding carboxylic acids is 1. The summed E-state index contributed by atoms with van der Waals surface area (Å²) in [5.74, 6) is -0.339. The van der Waals surface area contributed by atoms with Crippen LogP contribution in [0.5, 0.6) is 0 Å². The summed E-state index contributed by atoms with van der Waals surface area (Å²) in [5, 5.41) is 13.3. The Balaban J connectivity index is 1.54. The Morgan fingerprint density at radius 3 is 2.59 bits per heavy atom. The van der Waals surface area contributed by atoms with Gasteiger partial charge in [0.1, 0.15) is 5.01 Å². The van der Waals surface area contributed by atoms with Crippen LogP contribution in [0.15, 0.2) is 35.7 Å². The number of rotatable bonds is 6. The molecule has 0 saturated carbocycles. The first-order valence-corrected chi connectivity index (χ1v) is 11.2. The van der Waals surface area contributed by atoms with Crippen LogP contribution in [0.4, 0.5) is 5.13 Å². The third kappa shape index (κ3) is 5.21. The molecule has 144 valence electrons. The van der Waals surface area contributed by atoms with Gasteiger partial charge in [-0.05, 0) is 30.9 Å². The third-order valence-electron chi connectivity index (χ3n) is 4.42. The maximum absolute atomic E-state index is 12.5. The lowest BCUT2D eigenvalue weighted by Crippen LogP contribution is -2.40. The molecule has 7 nitrogen and oxygen atoms in total. The Morgan fingerprint density at radius 2 is 1.96 bits per heavy atom. The van der Waals surface area contributed by atoms with Crippen LogP contribution in [0.25, 0.3) is 6.08 Å². The van der Waals surface area contributed by atoms with Crippen molar-refractivity contribution in [2.24, 2.45) is 5.92 Å². The number of nitrogens with one attached hydrogen (secondary N) is 1. The van der Waals surface area contributed by atoms with E-state index in [2.05, 4.69) is 15.5 Å². The average molecular weight is 407 g/mol. The van der Waals surface area contributed by atoms with Crippen molar-refractivity contribution in [3.63, 3.8) is 0 Å². The number of amides is 1. The van der Waals surface area contributed by atoms with E-state index in [0.717, 1.165) is 17.0 Å². The van der Waals surface area contributed by atoms with E-state index in [1.807, 2.05) is 37.3 Å². The second-order valence-corrected chi connectivity index (χ2v) is 9.16. The van der Waals surface area contributed by atoms with Gasteiger partial charge in [0.05, 0.1) is 0 Å². The highest BCUT2D eigenvalue weighted by atomic mass is 32.2. The number of hydrogen-bond donors (Lipinski definition) is 1. The second kappa shape index (κ2) is 8.73. The summed E-state index contributed by atoms with van der Waals surface area (Å²) in [6.45, 7) is 2.64. The number of aryl methyl sites for hydroxylation is 1. The molecule has 2 aromatic rings. The van der Waals surface area contributed by atoms with Gasteiger partial charge in [-0.2, -0.15) is 4.31 Å². The predicted octanol–water partition coefficient (Wildman–Crippen LogP) is 2.75. The molecular weight excluding hydrogens is 384 g/mol. The second-order valence-electron chi connectivity index (χ2n) is 6.28. The van der Waals surface area contributed by atoms with Gasteiger partial charge in [-0.15, -0.1) is 10.2 Å². The minimum atomic E-state index is -3.49. The molecule has 2 heterocycles. The lowest BCUT2D eigenvalue weighted by atomic mass is 9.97. The minimum Gasteiger partial charge on any atom is -0.300 e. The maximum atomic E-state index is 12.5. The molecule has 1 aromatic carbocycles. The zero-order chi connectivity index (χ0) is 19.3. The summed E-state index contributed by atoms with van der Waals surface area (Å²) in [4.78, 5) is 12.4. The number of carbonyl (C=O) groups is 1. The molecule has 3 rings (SSSR count). The van der Waals surface area contributed by atoms with Crippen molar-refractivity contribution in [3.8, 4) is 0 Å². The van der Waals surface area contributed by atoms with Gasteiger partial charge in [-0.1, -0.05) is 48.6 Å². The topological polar surface area (TPSA) is 92.3 Å². The van der Waals surface area contributed by atoms with Crippen LogP contribution in [-0.2, 0) is 21.2 Å². The molecule has 1 aromatic heterocycles. The van der Waals surface area contributed by atoms with Crippen LogP contribution >= 0.6 is 11.3 Å². The highest BCUT2D eigenvalue weighted by Crippen LogP contribution is 2.23. The fourth-order valence-corrected chi connectivity index (χ4v) is 4.75. The largest absolute Gasteiger partial charge is 0.300 e. The smallest absolute Gasteiger partial charge is 0.236 e. The van der Waals surface area contributed by atoms with Gasteiger partial charge < -0.3 is 5.32 Å². The summed E-state index contributed by atoms with van der Waals surface area (Å²) < 4.78 is 26.4. The summed E-state index contributed by atoms with van der Waals surface area (Å²) >= 11 is 1.36. The molecule has 1 fully saturated rings. The Morgan fingerprint density at radius 1 is 1.26 bits per heavy atom. The van der Waals surface area contributed by atoms with Gasteiger partial charge in [0.2, 0.25) is 21.1 Å². The molecule has 1 N–H and O–H groups in total. The number of anilines is 1. The van der Waals surface area contributed by atoms with Gasteiger partial charge in [-0.3, -0.25) is 4.79 Å². The van der Waals surface area contributed by atoms with Crippen molar-refractivity contribution in [3.05, 3.63) is 46.3 Å². The molecule has 0 aliphatic carbocycles. The highest BCUT2D eigenvalue weighted by molar-refractivity contribution is 7.92. The Bertz CT molecular complexity index is 902. The molecule has 0 unspecified atom stereocenters. The molecule has 1 amide bonds. The fraction of sp³-hybridized carbons (Fsp3) is 0.389. The molecule has 0 spiro atoms. The first-order valence-electron chi connectivity index (χ1n) is 8.84. The normalized spacial score (nSPS) is 16.6. The Labute approximate surface area is 163 Å². The van der Waals surface area contributed by atoms with E-state index < -0.39 is 10.0 Å². The van der Waals surface area contributed by atoms with Crippen LogP contribution < -0.4 is 5.32 Å². The lowest BCUT2D eigenvalue weighted by molar-refractivity contribution is -0.120. The average Bonchev–Trinajstić information content (AvgIpc) is 3.15. The van der Waals surface area contributed by atoms with Crippen LogP contribution in [-0.4, -0.2) is 41.9 Å². The van der Waals surface area contributed by atoms with Crippen LogP contribution in [0, 0.1) is 5.92 Å². The van der Waals surface area contributed by atoms with Gasteiger partial charge >= 0.3 is 0 Å². The van der Waals surface area contributed by atoms with E-state index in [9.17, 15) is 13.2 Å². The maximum Gasteiger partial charge on any atom is 0.236 e. The molecule has 1 aliphatic heterocycles. The van der Waals surface area contributed by atoms with E-state index >= 15 is 0 Å². The van der Waals surface area contributed by atoms with Gasteiger partial charge in [0, 0.05) is 24.4 Å². The monoisotopic (exact) mass is 406 g/mol. The van der Waals surface area contributed by atoms with Crippen LogP contribution in [0.1, 0.15) is 30.3 Å². The van der Waals surface area contributed by atoms with Gasteiger partial charge in [0.25, 0.3) is 0 Å². The number of benzene rings is 1. The molecule has 0 radical (unpaired) electrons. The van der Waals surface area contributed by atoms with E-state index in [4.69, 9.17) is 0 Å². The number of nitrogens with zero attached hydrogens (tertiary/aromatic N) is 3. The van der Waals surface area contributed by atoms with Gasteiger partial charge in [-0.25, -0.2) is 8.42 Å². The quantitative estimate of drug-likeness (QED) is 0.796. The van der Waals surface area contributed by atoms with E-state index in [0.29, 0.717) is 31.1 Å². The number of hydrogen-bond acceptors (Lipinski definition) is 6. The number of sulfonamides is 1. The number of piperidine rings is 1. The standard InChI is InChI=1S/C18H22N4O3S2/c1-2-16-20-21-18(26-16)19-17(23)15-8-11-22(12-9-15)27(24,25)13-10-14-6-4-3-5-7-14/h3-7,10,13,15H,2,8-9,11-12H2,1H3,(H,19,21,23)/b13-10+.